The van der Waals surface area contributed by atoms with Crippen molar-refractivity contribution in [2.24, 2.45) is 5.73 Å². The Morgan fingerprint density at radius 2 is 1.73 bits per heavy atom. The van der Waals surface area contributed by atoms with Gasteiger partial charge in [0.1, 0.15) is 12.0 Å². The van der Waals surface area contributed by atoms with E-state index >= 15 is 0 Å². The minimum absolute atomic E-state index is 0.00572. The molecule has 0 saturated carbocycles. The van der Waals surface area contributed by atoms with Gasteiger partial charge in [-0.1, -0.05) is 0 Å². The van der Waals surface area contributed by atoms with Crippen molar-refractivity contribution in [3.8, 4) is 0 Å². The summed E-state index contributed by atoms with van der Waals surface area (Å²) in [5, 5.41) is 10.7. The molecular formula is C18H21N5O3. The van der Waals surface area contributed by atoms with E-state index in [9.17, 15) is 14.9 Å². The zero-order chi connectivity index (χ0) is 18.7. The number of rotatable bonds is 5. The Kier molecular flexibility index (Phi) is 5.13. The topological polar surface area (TPSA) is 106 Å². The number of Topliss-reactive ketones (excluding diaryl/α,β-unsaturated/α-hetero) is 1. The third kappa shape index (κ3) is 3.80. The number of aromatic nitrogens is 1. The van der Waals surface area contributed by atoms with Crippen molar-refractivity contribution in [1.82, 2.24) is 4.98 Å². The van der Waals surface area contributed by atoms with Crippen molar-refractivity contribution in [2.75, 3.05) is 36.0 Å². The van der Waals surface area contributed by atoms with Gasteiger partial charge in [-0.05, 0) is 37.3 Å². The predicted molar refractivity (Wildman–Crippen MR) is 99.7 cm³/mol. The fraction of sp³-hybridized carbons (Fsp3) is 0.333. The molecule has 1 aliphatic heterocycles. The summed E-state index contributed by atoms with van der Waals surface area (Å²) in [6.07, 6.45) is 1.29. The van der Waals surface area contributed by atoms with Crippen molar-refractivity contribution < 1.29 is 9.72 Å². The smallest absolute Gasteiger partial charge is 0.287 e. The molecule has 1 aromatic heterocycles. The highest BCUT2D eigenvalue weighted by atomic mass is 16.6. The number of nitro groups is 1. The molecule has 1 saturated heterocycles. The van der Waals surface area contributed by atoms with Gasteiger partial charge in [0.2, 0.25) is 0 Å². The number of piperazine rings is 1. The maximum atomic E-state index is 11.9. The molecule has 1 aliphatic rings. The second-order valence-corrected chi connectivity index (χ2v) is 6.31. The molecule has 1 atom stereocenters. The van der Waals surface area contributed by atoms with Gasteiger partial charge in [0.15, 0.2) is 5.78 Å². The molecule has 1 aromatic carbocycles. The van der Waals surface area contributed by atoms with E-state index in [1.54, 1.807) is 13.0 Å². The van der Waals surface area contributed by atoms with Gasteiger partial charge in [0, 0.05) is 43.5 Å². The Morgan fingerprint density at radius 1 is 1.12 bits per heavy atom. The van der Waals surface area contributed by atoms with E-state index in [-0.39, 0.29) is 11.5 Å². The monoisotopic (exact) mass is 355 g/mol. The summed E-state index contributed by atoms with van der Waals surface area (Å²) < 4.78 is 0. The van der Waals surface area contributed by atoms with Gasteiger partial charge in [-0.25, -0.2) is 4.98 Å². The number of nitrogens with two attached hydrogens (primary N) is 1. The highest BCUT2D eigenvalue weighted by molar-refractivity contribution is 5.99. The van der Waals surface area contributed by atoms with Crippen LogP contribution in [0.4, 0.5) is 17.2 Å². The second-order valence-electron chi connectivity index (χ2n) is 6.31. The van der Waals surface area contributed by atoms with Gasteiger partial charge in [0.05, 0.1) is 11.0 Å². The van der Waals surface area contributed by atoms with E-state index in [4.69, 9.17) is 5.73 Å². The van der Waals surface area contributed by atoms with Crippen molar-refractivity contribution >= 4 is 23.0 Å². The normalized spacial score (nSPS) is 15.6. The van der Waals surface area contributed by atoms with Gasteiger partial charge >= 0.3 is 0 Å². The first kappa shape index (κ1) is 17.8. The van der Waals surface area contributed by atoms with E-state index in [2.05, 4.69) is 14.8 Å². The molecule has 2 heterocycles. The average molecular weight is 355 g/mol. The van der Waals surface area contributed by atoms with Crippen molar-refractivity contribution in [3.05, 3.63) is 58.3 Å². The quantitative estimate of drug-likeness (QED) is 0.495. The van der Waals surface area contributed by atoms with Crippen LogP contribution < -0.4 is 15.5 Å². The molecule has 8 heteroatoms. The lowest BCUT2D eigenvalue weighted by Gasteiger charge is -2.36. The largest absolute Gasteiger partial charge is 0.368 e. The van der Waals surface area contributed by atoms with Crippen LogP contribution >= 0.6 is 0 Å². The van der Waals surface area contributed by atoms with Crippen LogP contribution in [0.25, 0.3) is 0 Å². The number of benzene rings is 1. The number of pyridine rings is 1. The highest BCUT2D eigenvalue weighted by Crippen LogP contribution is 2.21. The Labute approximate surface area is 151 Å². The van der Waals surface area contributed by atoms with Crippen LogP contribution in [0.3, 0.4) is 0 Å². The second kappa shape index (κ2) is 7.49. The molecule has 8 nitrogen and oxygen atoms in total. The molecular weight excluding hydrogens is 334 g/mol. The van der Waals surface area contributed by atoms with Gasteiger partial charge < -0.3 is 15.5 Å². The van der Waals surface area contributed by atoms with Gasteiger partial charge in [-0.2, -0.15) is 0 Å². The fourth-order valence-electron chi connectivity index (χ4n) is 2.97. The summed E-state index contributed by atoms with van der Waals surface area (Å²) in [7, 11) is 0. The summed E-state index contributed by atoms with van der Waals surface area (Å²) in [6.45, 7) is 4.83. The number of carbonyl (C=O) groups is 1. The Balaban J connectivity index is 1.61. The molecule has 136 valence electrons. The van der Waals surface area contributed by atoms with E-state index in [1.165, 1.54) is 12.3 Å². The zero-order valence-corrected chi connectivity index (χ0v) is 14.5. The summed E-state index contributed by atoms with van der Waals surface area (Å²) in [4.78, 5) is 30.7. The Hall–Kier alpha value is -3.00. The summed E-state index contributed by atoms with van der Waals surface area (Å²) in [6, 6.07) is 10.2. The molecule has 2 N–H and O–H groups in total. The first-order valence-corrected chi connectivity index (χ1v) is 8.46. The van der Waals surface area contributed by atoms with Crippen molar-refractivity contribution in [1.29, 1.82) is 0 Å². The zero-order valence-electron chi connectivity index (χ0n) is 14.5. The van der Waals surface area contributed by atoms with Crippen LogP contribution in [0.15, 0.2) is 42.6 Å². The van der Waals surface area contributed by atoms with E-state index in [0.717, 1.165) is 37.7 Å². The molecule has 0 spiro atoms. The lowest BCUT2D eigenvalue weighted by Crippen LogP contribution is -2.46. The van der Waals surface area contributed by atoms with E-state index in [0.29, 0.717) is 5.56 Å². The minimum atomic E-state index is -0.501. The van der Waals surface area contributed by atoms with E-state index < -0.39 is 11.0 Å². The van der Waals surface area contributed by atoms with Crippen LogP contribution in [-0.4, -0.2) is 47.9 Å². The molecule has 0 aliphatic carbocycles. The molecule has 0 amide bonds. The van der Waals surface area contributed by atoms with Crippen molar-refractivity contribution in [2.45, 2.75) is 13.0 Å². The summed E-state index contributed by atoms with van der Waals surface area (Å²) in [5.41, 5.74) is 7.31. The van der Waals surface area contributed by atoms with Gasteiger partial charge in [0.25, 0.3) is 5.69 Å². The third-order valence-corrected chi connectivity index (χ3v) is 4.48. The molecule has 1 fully saturated rings. The molecule has 3 rings (SSSR count). The minimum Gasteiger partial charge on any atom is -0.368 e. The molecule has 26 heavy (non-hydrogen) atoms. The SMILES string of the molecule is CC(N)C(=O)c1ccc(N2CCN(c3ccc([N+](=O)[O-])cn3)CC2)cc1. The number of hydrogen-bond acceptors (Lipinski definition) is 7. The lowest BCUT2D eigenvalue weighted by atomic mass is 10.1. The lowest BCUT2D eigenvalue weighted by molar-refractivity contribution is -0.385. The number of hydrogen-bond donors (Lipinski definition) is 1. The van der Waals surface area contributed by atoms with Gasteiger partial charge in [-0.3, -0.25) is 14.9 Å². The predicted octanol–water partition coefficient (Wildman–Crippen LogP) is 1.85. The first-order valence-electron chi connectivity index (χ1n) is 8.46. The molecule has 0 bridgehead atoms. The standard InChI is InChI=1S/C18H21N5O3/c1-13(19)18(24)14-2-4-15(5-3-14)21-8-10-22(11-9-21)17-7-6-16(12-20-17)23(25)26/h2-7,12-13H,8-11,19H2,1H3. The summed E-state index contributed by atoms with van der Waals surface area (Å²) in [5.74, 6) is 0.679. The fourth-order valence-corrected chi connectivity index (χ4v) is 2.97. The van der Waals surface area contributed by atoms with Gasteiger partial charge in [-0.15, -0.1) is 0 Å². The number of anilines is 2. The number of ketones is 1. The first-order chi connectivity index (χ1) is 12.5. The Morgan fingerprint density at radius 3 is 2.23 bits per heavy atom. The van der Waals surface area contributed by atoms with Crippen LogP contribution in [0.2, 0.25) is 0 Å². The van der Waals surface area contributed by atoms with Crippen LogP contribution in [0, 0.1) is 10.1 Å². The maximum absolute atomic E-state index is 11.9. The molecule has 0 radical (unpaired) electrons. The van der Waals surface area contributed by atoms with Crippen LogP contribution in [0.5, 0.6) is 0 Å². The third-order valence-electron chi connectivity index (χ3n) is 4.48. The molecule has 2 aromatic rings. The summed E-state index contributed by atoms with van der Waals surface area (Å²) >= 11 is 0. The Bertz CT molecular complexity index is 781. The number of nitrogens with zero attached hydrogens (tertiary/aromatic N) is 4. The van der Waals surface area contributed by atoms with E-state index in [1.807, 2.05) is 24.3 Å². The number of carbonyl (C=O) groups excluding carboxylic acids is 1. The molecule has 1 unspecified atom stereocenters. The average Bonchev–Trinajstić information content (AvgIpc) is 2.67. The maximum Gasteiger partial charge on any atom is 0.287 e. The van der Waals surface area contributed by atoms with Crippen LogP contribution in [0.1, 0.15) is 17.3 Å². The highest BCUT2D eigenvalue weighted by Gasteiger charge is 2.19. The van der Waals surface area contributed by atoms with Crippen molar-refractivity contribution in [3.63, 3.8) is 0 Å². The van der Waals surface area contributed by atoms with Crippen LogP contribution in [-0.2, 0) is 0 Å².